The van der Waals surface area contributed by atoms with E-state index in [4.69, 9.17) is 27.9 Å². The smallest absolute Gasteiger partial charge is 0.209 e. The number of fused-ring (bicyclic) bond motifs is 1. The van der Waals surface area contributed by atoms with Gasteiger partial charge in [-0.2, -0.15) is 0 Å². The number of nitrogens with one attached hydrogen (secondary N) is 1. The zero-order valence-corrected chi connectivity index (χ0v) is 12.1. The van der Waals surface area contributed by atoms with E-state index in [1.807, 2.05) is 0 Å². The molecule has 0 radical (unpaired) electrons. The summed E-state index contributed by atoms with van der Waals surface area (Å²) < 4.78 is 30.9. The Morgan fingerprint density at radius 2 is 2.11 bits per heavy atom. The summed E-state index contributed by atoms with van der Waals surface area (Å²) in [6, 6.07) is 3.07. The van der Waals surface area contributed by atoms with E-state index in [0.29, 0.717) is 28.8 Å². The maximum atomic E-state index is 11.4. The number of ether oxygens (including phenoxy) is 1. The summed E-state index contributed by atoms with van der Waals surface area (Å²) in [4.78, 5) is 0. The third-order valence-electron chi connectivity index (χ3n) is 2.70. The summed E-state index contributed by atoms with van der Waals surface area (Å²) in [6.07, 6.45) is 2.55. The number of benzene rings is 1. The van der Waals surface area contributed by atoms with Gasteiger partial charge in [-0.25, -0.2) is 13.1 Å². The Morgan fingerprint density at radius 1 is 1.39 bits per heavy atom. The van der Waals surface area contributed by atoms with Gasteiger partial charge >= 0.3 is 0 Å². The highest BCUT2D eigenvalue weighted by atomic mass is 35.5. The van der Waals surface area contributed by atoms with Crippen molar-refractivity contribution in [2.45, 2.75) is 18.9 Å². The highest BCUT2D eigenvalue weighted by Crippen LogP contribution is 2.40. The van der Waals surface area contributed by atoms with Crippen molar-refractivity contribution < 1.29 is 13.2 Å². The molecular formula is C11H13Cl2NO3S. The van der Waals surface area contributed by atoms with Crippen molar-refractivity contribution in [3.8, 4) is 5.75 Å². The Labute approximate surface area is 116 Å². The predicted octanol–water partition coefficient (Wildman–Crippen LogP) is 2.76. The van der Waals surface area contributed by atoms with Crippen LogP contribution in [0.5, 0.6) is 5.75 Å². The fourth-order valence-corrected chi connectivity index (χ4v) is 3.10. The normalized spacial score (nSPS) is 19.8. The molecule has 1 aliphatic heterocycles. The van der Waals surface area contributed by atoms with Crippen LogP contribution in [0, 0.1) is 0 Å². The molecule has 1 aromatic carbocycles. The number of hydrogen-bond donors (Lipinski definition) is 1. The fraction of sp³-hybridized carbons (Fsp3) is 0.455. The van der Waals surface area contributed by atoms with E-state index in [1.165, 1.54) is 0 Å². The summed E-state index contributed by atoms with van der Waals surface area (Å²) >= 11 is 12.0. The molecule has 1 atom stereocenters. The van der Waals surface area contributed by atoms with Gasteiger partial charge in [-0.15, -0.1) is 0 Å². The van der Waals surface area contributed by atoms with Crippen LogP contribution in [-0.4, -0.2) is 21.3 Å². The Hall–Kier alpha value is -0.490. The molecule has 1 aromatic rings. The van der Waals surface area contributed by atoms with Gasteiger partial charge in [0.05, 0.1) is 23.9 Å². The van der Waals surface area contributed by atoms with Gasteiger partial charge in [0.1, 0.15) is 10.8 Å². The van der Waals surface area contributed by atoms with Gasteiger partial charge in [0, 0.05) is 5.56 Å². The number of halogens is 2. The first-order chi connectivity index (χ1) is 8.38. The number of hydrogen-bond acceptors (Lipinski definition) is 3. The van der Waals surface area contributed by atoms with Gasteiger partial charge < -0.3 is 4.74 Å². The first kappa shape index (κ1) is 13.9. The van der Waals surface area contributed by atoms with Crippen LogP contribution in [0.4, 0.5) is 0 Å². The molecule has 0 saturated carbocycles. The Bertz CT molecular complexity index is 560. The Balaban J connectivity index is 2.45. The third-order valence-corrected chi connectivity index (χ3v) is 4.20. The van der Waals surface area contributed by atoms with E-state index in [1.54, 1.807) is 12.1 Å². The molecule has 2 rings (SSSR count). The minimum atomic E-state index is -3.29. The first-order valence-electron chi connectivity index (χ1n) is 5.46. The lowest BCUT2D eigenvalue weighted by Gasteiger charge is -2.18. The van der Waals surface area contributed by atoms with Crippen LogP contribution in [0.25, 0.3) is 0 Å². The van der Waals surface area contributed by atoms with Crippen molar-refractivity contribution in [3.05, 3.63) is 27.7 Å². The average Bonchev–Trinajstić information content (AvgIpc) is 2.45. The lowest BCUT2D eigenvalue weighted by atomic mass is 10.0. The molecule has 100 valence electrons. The minimum Gasteiger partial charge on any atom is -0.492 e. The van der Waals surface area contributed by atoms with Crippen LogP contribution in [0.2, 0.25) is 10.0 Å². The van der Waals surface area contributed by atoms with Crippen LogP contribution in [0.3, 0.4) is 0 Å². The van der Waals surface area contributed by atoms with E-state index in [9.17, 15) is 8.42 Å². The molecule has 0 spiro atoms. The molecule has 4 nitrogen and oxygen atoms in total. The fourth-order valence-electron chi connectivity index (χ4n) is 1.97. The van der Waals surface area contributed by atoms with E-state index >= 15 is 0 Å². The van der Waals surface area contributed by atoms with Crippen molar-refractivity contribution in [1.82, 2.24) is 4.72 Å². The van der Waals surface area contributed by atoms with Crippen molar-refractivity contribution in [1.29, 1.82) is 0 Å². The third kappa shape index (κ3) is 3.09. The maximum Gasteiger partial charge on any atom is 0.209 e. The SMILES string of the molecule is CS(=O)(=O)NC1CCCOc2c1ccc(Cl)c2Cl. The summed E-state index contributed by atoms with van der Waals surface area (Å²) in [5.41, 5.74) is 0.729. The average molecular weight is 310 g/mol. The molecule has 0 aliphatic carbocycles. The van der Waals surface area contributed by atoms with Crippen molar-refractivity contribution in [3.63, 3.8) is 0 Å². The summed E-state index contributed by atoms with van der Waals surface area (Å²) in [6.45, 7) is 0.495. The van der Waals surface area contributed by atoms with E-state index in [0.717, 1.165) is 18.2 Å². The predicted molar refractivity (Wildman–Crippen MR) is 71.9 cm³/mol. The van der Waals surface area contributed by atoms with Crippen LogP contribution < -0.4 is 9.46 Å². The summed E-state index contributed by atoms with van der Waals surface area (Å²) in [5.74, 6) is 0.475. The lowest BCUT2D eigenvalue weighted by Crippen LogP contribution is -2.27. The van der Waals surface area contributed by atoms with Gasteiger partial charge in [-0.1, -0.05) is 29.3 Å². The van der Waals surface area contributed by atoms with Gasteiger partial charge in [0.15, 0.2) is 0 Å². The summed E-state index contributed by atoms with van der Waals surface area (Å²) in [5, 5.41) is 0.729. The molecule has 0 fully saturated rings. The van der Waals surface area contributed by atoms with Gasteiger partial charge in [0.2, 0.25) is 10.0 Å². The molecule has 7 heteroatoms. The molecule has 0 saturated heterocycles. The quantitative estimate of drug-likeness (QED) is 0.914. The highest BCUT2D eigenvalue weighted by Gasteiger charge is 2.25. The van der Waals surface area contributed by atoms with E-state index in [-0.39, 0.29) is 6.04 Å². The van der Waals surface area contributed by atoms with Crippen LogP contribution in [-0.2, 0) is 10.0 Å². The molecule has 0 aromatic heterocycles. The molecule has 0 bridgehead atoms. The molecule has 0 amide bonds. The van der Waals surface area contributed by atoms with Crippen LogP contribution >= 0.6 is 23.2 Å². The molecule has 1 aliphatic rings. The maximum absolute atomic E-state index is 11.4. The zero-order chi connectivity index (χ0) is 13.3. The zero-order valence-electron chi connectivity index (χ0n) is 9.74. The Morgan fingerprint density at radius 3 is 2.78 bits per heavy atom. The van der Waals surface area contributed by atoms with Crippen LogP contribution in [0.1, 0.15) is 24.4 Å². The number of sulfonamides is 1. The van der Waals surface area contributed by atoms with Crippen molar-refractivity contribution in [2.75, 3.05) is 12.9 Å². The van der Waals surface area contributed by atoms with Gasteiger partial charge in [0.25, 0.3) is 0 Å². The monoisotopic (exact) mass is 309 g/mol. The van der Waals surface area contributed by atoms with Crippen molar-refractivity contribution in [2.24, 2.45) is 0 Å². The second-order valence-electron chi connectivity index (χ2n) is 4.21. The van der Waals surface area contributed by atoms with Gasteiger partial charge in [-0.3, -0.25) is 0 Å². The van der Waals surface area contributed by atoms with Gasteiger partial charge in [-0.05, 0) is 18.9 Å². The summed E-state index contributed by atoms with van der Waals surface area (Å²) in [7, 11) is -3.29. The standard InChI is InChI=1S/C11H13Cl2NO3S/c1-18(15,16)14-9-3-2-6-17-11-7(9)4-5-8(12)10(11)13/h4-5,9,14H,2-3,6H2,1H3. The first-order valence-corrected chi connectivity index (χ1v) is 8.11. The molecular weight excluding hydrogens is 297 g/mol. The van der Waals surface area contributed by atoms with E-state index < -0.39 is 10.0 Å². The molecule has 1 heterocycles. The number of rotatable bonds is 2. The lowest BCUT2D eigenvalue weighted by molar-refractivity contribution is 0.316. The van der Waals surface area contributed by atoms with Crippen LogP contribution in [0.15, 0.2) is 12.1 Å². The minimum absolute atomic E-state index is 0.327. The second kappa shape index (κ2) is 5.25. The highest BCUT2D eigenvalue weighted by molar-refractivity contribution is 7.88. The second-order valence-corrected chi connectivity index (χ2v) is 6.78. The molecule has 1 unspecified atom stereocenters. The largest absolute Gasteiger partial charge is 0.492 e. The van der Waals surface area contributed by atoms with Crippen molar-refractivity contribution >= 4 is 33.2 Å². The Kier molecular flexibility index (Phi) is 4.06. The topological polar surface area (TPSA) is 55.4 Å². The molecule has 18 heavy (non-hydrogen) atoms. The van der Waals surface area contributed by atoms with E-state index in [2.05, 4.69) is 4.72 Å². The molecule has 1 N–H and O–H groups in total.